The van der Waals surface area contributed by atoms with Crippen LogP contribution in [0.3, 0.4) is 0 Å². The summed E-state index contributed by atoms with van der Waals surface area (Å²) in [4.78, 5) is 37.8. The van der Waals surface area contributed by atoms with Crippen molar-refractivity contribution in [3.05, 3.63) is 46.1 Å². The molecule has 0 saturated heterocycles. The van der Waals surface area contributed by atoms with Gasteiger partial charge in [-0.3, -0.25) is 14.4 Å². The van der Waals surface area contributed by atoms with Gasteiger partial charge in [0.2, 0.25) is 0 Å². The first kappa shape index (κ1) is 20.3. The van der Waals surface area contributed by atoms with Crippen LogP contribution in [0.1, 0.15) is 66.2 Å². The zero-order valence-corrected chi connectivity index (χ0v) is 16.5. The van der Waals surface area contributed by atoms with Crippen LogP contribution in [0.15, 0.2) is 46.1 Å². The van der Waals surface area contributed by atoms with E-state index in [0.29, 0.717) is 29.4 Å². The first-order valence-corrected chi connectivity index (χ1v) is 9.64. The zero-order chi connectivity index (χ0) is 19.4. The molecule has 1 unspecified atom stereocenters. The minimum absolute atomic E-state index is 0.0730. The van der Waals surface area contributed by atoms with Gasteiger partial charge in [-0.05, 0) is 52.4 Å². The van der Waals surface area contributed by atoms with Crippen molar-refractivity contribution in [1.29, 1.82) is 0 Å². The summed E-state index contributed by atoms with van der Waals surface area (Å²) in [6.45, 7) is 11.9. The molecule has 0 saturated carbocycles. The van der Waals surface area contributed by atoms with Crippen molar-refractivity contribution in [2.75, 3.05) is 0 Å². The van der Waals surface area contributed by atoms with E-state index in [1.54, 1.807) is 6.92 Å². The van der Waals surface area contributed by atoms with Gasteiger partial charge < -0.3 is 0 Å². The lowest BCUT2D eigenvalue weighted by Crippen LogP contribution is -2.31. The molecule has 0 N–H and O–H groups in total. The number of rotatable bonds is 7. The minimum atomic E-state index is -0.259. The summed E-state index contributed by atoms with van der Waals surface area (Å²) >= 11 is 0. The molecule has 0 fully saturated rings. The third kappa shape index (κ3) is 3.87. The van der Waals surface area contributed by atoms with E-state index in [1.807, 2.05) is 6.92 Å². The summed E-state index contributed by atoms with van der Waals surface area (Å²) in [6.07, 6.45) is 7.90. The summed E-state index contributed by atoms with van der Waals surface area (Å²) in [6, 6.07) is 0. The molecule has 2 aliphatic rings. The molecule has 2 atom stereocenters. The Balaban J connectivity index is 2.48. The lowest BCUT2D eigenvalue weighted by Gasteiger charge is -2.34. The monoisotopic (exact) mass is 354 g/mol. The normalized spacial score (nSPS) is 24.1. The Morgan fingerprint density at radius 1 is 1.23 bits per heavy atom. The van der Waals surface area contributed by atoms with Gasteiger partial charge >= 0.3 is 0 Å². The van der Waals surface area contributed by atoms with Gasteiger partial charge in [-0.1, -0.05) is 43.6 Å². The minimum Gasteiger partial charge on any atom is -0.298 e. The summed E-state index contributed by atoms with van der Waals surface area (Å²) in [7, 11) is 0. The van der Waals surface area contributed by atoms with Gasteiger partial charge in [0.1, 0.15) is 0 Å². The molecular weight excluding hydrogens is 324 g/mol. The van der Waals surface area contributed by atoms with Crippen molar-refractivity contribution in [2.45, 2.75) is 66.2 Å². The van der Waals surface area contributed by atoms with Gasteiger partial charge in [-0.25, -0.2) is 0 Å². The van der Waals surface area contributed by atoms with E-state index in [1.165, 1.54) is 5.57 Å². The predicted octanol–water partition coefficient (Wildman–Crippen LogP) is 5.08. The fourth-order valence-electron chi connectivity index (χ4n) is 4.16. The Labute approximate surface area is 156 Å². The van der Waals surface area contributed by atoms with Gasteiger partial charge in [-0.2, -0.15) is 0 Å². The molecule has 0 aliphatic heterocycles. The van der Waals surface area contributed by atoms with Crippen LogP contribution in [0.25, 0.3) is 0 Å². The Hall–Kier alpha value is -2.03. The largest absolute Gasteiger partial charge is 0.298 e. The average molecular weight is 354 g/mol. The number of unbranched alkanes of at least 4 members (excludes halogenated alkanes) is 2. The second kappa shape index (κ2) is 8.57. The lowest BCUT2D eigenvalue weighted by molar-refractivity contribution is -0.119. The Kier molecular flexibility index (Phi) is 6.69. The molecule has 0 heterocycles. The van der Waals surface area contributed by atoms with Crippen LogP contribution in [-0.2, 0) is 14.4 Å². The molecule has 2 rings (SSSR count). The zero-order valence-electron chi connectivity index (χ0n) is 16.5. The Morgan fingerprint density at radius 2 is 1.92 bits per heavy atom. The number of hydrogen-bond acceptors (Lipinski definition) is 3. The third-order valence-electron chi connectivity index (χ3n) is 5.69. The molecule has 0 aromatic rings. The standard InChI is InChI=1S/C23H30O3/c1-6-7-8-9-18-20(13-24)23(26)21(16(5)22(18)25)19-12-15(4)10-11-17(19)14(2)3/h12-13,17,19H,2,6-11H2,1,3-5H3/t17?,19-/m1/s1. The maximum absolute atomic E-state index is 13.2. The van der Waals surface area contributed by atoms with Crippen molar-refractivity contribution in [2.24, 2.45) is 11.8 Å². The fraction of sp³-hybridized carbons (Fsp3) is 0.522. The molecule has 0 amide bonds. The molecular formula is C23H30O3. The van der Waals surface area contributed by atoms with E-state index in [2.05, 4.69) is 26.5 Å². The molecule has 0 spiro atoms. The SMILES string of the molecule is C=C(C)C1CCC(C)=C[C@H]1C1=C(C)C(=O)C(CCCCC)=C(C=O)C1=O. The first-order valence-electron chi connectivity index (χ1n) is 9.64. The van der Waals surface area contributed by atoms with Crippen LogP contribution in [0.5, 0.6) is 0 Å². The van der Waals surface area contributed by atoms with Gasteiger partial charge in [0.25, 0.3) is 0 Å². The Morgan fingerprint density at radius 3 is 2.50 bits per heavy atom. The number of ketones is 2. The smallest absolute Gasteiger partial charge is 0.193 e. The quantitative estimate of drug-likeness (QED) is 0.211. The Bertz CT molecular complexity index is 731. The van der Waals surface area contributed by atoms with E-state index in [4.69, 9.17) is 0 Å². The highest BCUT2D eigenvalue weighted by Crippen LogP contribution is 2.41. The van der Waals surface area contributed by atoms with Crippen LogP contribution in [0.4, 0.5) is 0 Å². The van der Waals surface area contributed by atoms with E-state index < -0.39 is 0 Å². The van der Waals surface area contributed by atoms with Crippen molar-refractivity contribution < 1.29 is 14.4 Å². The second-order valence-corrected chi connectivity index (χ2v) is 7.69. The van der Waals surface area contributed by atoms with Crippen molar-refractivity contribution in [3.63, 3.8) is 0 Å². The molecule has 3 heteroatoms. The maximum atomic E-state index is 13.2. The molecule has 0 radical (unpaired) electrons. The number of aldehydes is 1. The van der Waals surface area contributed by atoms with Crippen LogP contribution in [0, 0.1) is 11.8 Å². The van der Waals surface area contributed by atoms with Crippen LogP contribution in [-0.4, -0.2) is 17.9 Å². The lowest BCUT2D eigenvalue weighted by atomic mass is 9.68. The van der Waals surface area contributed by atoms with Gasteiger partial charge in [0.15, 0.2) is 17.9 Å². The summed E-state index contributed by atoms with van der Waals surface area (Å²) in [5.74, 6) is -0.416. The summed E-state index contributed by atoms with van der Waals surface area (Å²) < 4.78 is 0. The van der Waals surface area contributed by atoms with Crippen molar-refractivity contribution >= 4 is 17.9 Å². The van der Waals surface area contributed by atoms with Crippen LogP contribution in [0.2, 0.25) is 0 Å². The molecule has 0 aromatic heterocycles. The number of carbonyl (C=O) groups excluding carboxylic acids is 3. The number of hydrogen-bond donors (Lipinski definition) is 0. The number of Topliss-reactive ketones (excluding diaryl/α,β-unsaturated/α-hetero) is 2. The van der Waals surface area contributed by atoms with E-state index in [9.17, 15) is 14.4 Å². The van der Waals surface area contributed by atoms with Crippen LogP contribution < -0.4 is 0 Å². The molecule has 140 valence electrons. The number of carbonyl (C=O) groups is 3. The second-order valence-electron chi connectivity index (χ2n) is 7.69. The van der Waals surface area contributed by atoms with Crippen molar-refractivity contribution in [1.82, 2.24) is 0 Å². The van der Waals surface area contributed by atoms with E-state index in [-0.39, 0.29) is 29.0 Å². The first-order chi connectivity index (χ1) is 12.3. The van der Waals surface area contributed by atoms with Crippen LogP contribution >= 0.6 is 0 Å². The highest BCUT2D eigenvalue weighted by molar-refractivity contribution is 6.32. The molecule has 2 aliphatic carbocycles. The van der Waals surface area contributed by atoms with Gasteiger partial charge in [-0.15, -0.1) is 0 Å². The molecule has 0 bridgehead atoms. The number of allylic oxidation sites excluding steroid dienone is 7. The van der Waals surface area contributed by atoms with Crippen molar-refractivity contribution in [3.8, 4) is 0 Å². The summed E-state index contributed by atoms with van der Waals surface area (Å²) in [5, 5.41) is 0. The maximum Gasteiger partial charge on any atom is 0.193 e. The van der Waals surface area contributed by atoms with Gasteiger partial charge in [0.05, 0.1) is 5.57 Å². The molecule has 3 nitrogen and oxygen atoms in total. The van der Waals surface area contributed by atoms with E-state index >= 15 is 0 Å². The fourth-order valence-corrected chi connectivity index (χ4v) is 4.16. The third-order valence-corrected chi connectivity index (χ3v) is 5.69. The highest BCUT2D eigenvalue weighted by atomic mass is 16.1. The predicted molar refractivity (Wildman–Crippen MR) is 105 cm³/mol. The molecule has 0 aromatic carbocycles. The van der Waals surface area contributed by atoms with Gasteiger partial charge in [0, 0.05) is 22.6 Å². The topological polar surface area (TPSA) is 51.2 Å². The summed E-state index contributed by atoms with van der Waals surface area (Å²) in [5.41, 5.74) is 3.73. The average Bonchev–Trinajstić information content (AvgIpc) is 2.59. The molecule has 26 heavy (non-hydrogen) atoms. The van der Waals surface area contributed by atoms with E-state index in [0.717, 1.165) is 37.7 Å². The highest BCUT2D eigenvalue weighted by Gasteiger charge is 2.38.